The van der Waals surface area contributed by atoms with Crippen molar-refractivity contribution in [1.82, 2.24) is 9.80 Å². The minimum absolute atomic E-state index is 0.133. The smallest absolute Gasteiger partial charge is 0.0307 e. The lowest BCUT2D eigenvalue weighted by atomic mass is 10.0. The SMILES string of the molecule is CC1CN(CCC(N)c2ccc(Br)cc2)CC(C)N1C. The summed E-state index contributed by atoms with van der Waals surface area (Å²) >= 11 is 3.46. The van der Waals surface area contributed by atoms with E-state index in [1.165, 1.54) is 5.56 Å². The average molecular weight is 340 g/mol. The van der Waals surface area contributed by atoms with Gasteiger partial charge in [-0.1, -0.05) is 28.1 Å². The second-order valence-electron chi connectivity index (χ2n) is 6.07. The number of nitrogens with two attached hydrogens (primary N) is 1. The van der Waals surface area contributed by atoms with Gasteiger partial charge < -0.3 is 10.6 Å². The van der Waals surface area contributed by atoms with Crippen molar-refractivity contribution in [2.45, 2.75) is 38.4 Å². The second-order valence-corrected chi connectivity index (χ2v) is 6.99. The Bertz CT molecular complexity index is 408. The summed E-state index contributed by atoms with van der Waals surface area (Å²) in [5.41, 5.74) is 7.53. The molecule has 0 saturated carbocycles. The molecule has 1 aromatic rings. The van der Waals surface area contributed by atoms with Gasteiger partial charge in [0.1, 0.15) is 0 Å². The van der Waals surface area contributed by atoms with Crippen molar-refractivity contribution >= 4 is 15.9 Å². The minimum Gasteiger partial charge on any atom is -0.324 e. The highest BCUT2D eigenvalue weighted by molar-refractivity contribution is 9.10. The first kappa shape index (κ1) is 16.0. The van der Waals surface area contributed by atoms with E-state index in [4.69, 9.17) is 5.73 Å². The zero-order valence-electron chi connectivity index (χ0n) is 12.7. The third kappa shape index (κ3) is 4.04. The number of hydrogen-bond donors (Lipinski definition) is 1. The third-order valence-corrected chi connectivity index (χ3v) is 5.02. The summed E-state index contributed by atoms with van der Waals surface area (Å²) in [5.74, 6) is 0. The lowest BCUT2D eigenvalue weighted by Crippen LogP contribution is -2.55. The van der Waals surface area contributed by atoms with Crippen LogP contribution in [0.2, 0.25) is 0 Å². The topological polar surface area (TPSA) is 32.5 Å². The fourth-order valence-corrected chi connectivity index (χ4v) is 3.16. The van der Waals surface area contributed by atoms with Gasteiger partial charge in [-0.25, -0.2) is 0 Å². The summed E-state index contributed by atoms with van der Waals surface area (Å²) in [7, 11) is 2.22. The summed E-state index contributed by atoms with van der Waals surface area (Å²) in [6.07, 6.45) is 1.02. The van der Waals surface area contributed by atoms with Crippen LogP contribution in [-0.4, -0.2) is 48.6 Å². The van der Waals surface area contributed by atoms with Gasteiger partial charge in [0.15, 0.2) is 0 Å². The van der Waals surface area contributed by atoms with Gasteiger partial charge in [-0.05, 0) is 45.0 Å². The normalized spacial score (nSPS) is 26.6. The number of piperazine rings is 1. The van der Waals surface area contributed by atoms with E-state index in [-0.39, 0.29) is 6.04 Å². The van der Waals surface area contributed by atoms with Crippen molar-refractivity contribution in [3.63, 3.8) is 0 Å². The molecule has 1 aliphatic heterocycles. The average Bonchev–Trinajstić information content (AvgIpc) is 2.42. The Kier molecular flexibility index (Phi) is 5.61. The molecule has 1 aromatic carbocycles. The first-order chi connectivity index (χ1) is 9.47. The number of rotatable bonds is 4. The summed E-state index contributed by atoms with van der Waals surface area (Å²) < 4.78 is 1.11. The van der Waals surface area contributed by atoms with Gasteiger partial charge in [0.05, 0.1) is 0 Å². The molecule has 112 valence electrons. The van der Waals surface area contributed by atoms with Crippen molar-refractivity contribution in [1.29, 1.82) is 0 Å². The Morgan fingerprint density at radius 3 is 2.30 bits per heavy atom. The highest BCUT2D eigenvalue weighted by Gasteiger charge is 2.26. The molecule has 0 amide bonds. The number of nitrogens with zero attached hydrogens (tertiary/aromatic N) is 2. The molecule has 1 heterocycles. The van der Waals surface area contributed by atoms with Gasteiger partial charge in [-0.15, -0.1) is 0 Å². The lowest BCUT2D eigenvalue weighted by Gasteiger charge is -2.42. The van der Waals surface area contributed by atoms with E-state index in [1.807, 2.05) is 0 Å². The van der Waals surface area contributed by atoms with Crippen LogP contribution in [-0.2, 0) is 0 Å². The van der Waals surface area contributed by atoms with Crippen molar-refractivity contribution < 1.29 is 0 Å². The maximum atomic E-state index is 6.31. The van der Waals surface area contributed by atoms with Crippen molar-refractivity contribution in [2.24, 2.45) is 5.73 Å². The van der Waals surface area contributed by atoms with E-state index in [2.05, 4.69) is 70.9 Å². The summed E-state index contributed by atoms with van der Waals surface area (Å²) in [5, 5.41) is 0. The van der Waals surface area contributed by atoms with Gasteiger partial charge in [0.25, 0.3) is 0 Å². The minimum atomic E-state index is 0.133. The lowest BCUT2D eigenvalue weighted by molar-refractivity contribution is 0.0584. The molecule has 2 N–H and O–H groups in total. The zero-order chi connectivity index (χ0) is 14.7. The molecule has 4 heteroatoms. The molecule has 1 aliphatic rings. The fourth-order valence-electron chi connectivity index (χ4n) is 2.89. The highest BCUT2D eigenvalue weighted by atomic mass is 79.9. The molecule has 0 aromatic heterocycles. The molecule has 1 fully saturated rings. The molecule has 0 aliphatic carbocycles. The molecule has 2 rings (SSSR count). The van der Waals surface area contributed by atoms with Crippen molar-refractivity contribution in [3.8, 4) is 0 Å². The van der Waals surface area contributed by atoms with Crippen LogP contribution in [0.4, 0.5) is 0 Å². The maximum absolute atomic E-state index is 6.31. The van der Waals surface area contributed by atoms with Crippen LogP contribution in [0, 0.1) is 0 Å². The number of likely N-dealkylation sites (N-methyl/N-ethyl adjacent to an activating group) is 1. The standard InChI is InChI=1S/C16H26BrN3/c1-12-10-20(11-13(2)19(12)3)9-8-16(18)14-4-6-15(17)7-5-14/h4-7,12-13,16H,8-11,18H2,1-3H3. The number of benzene rings is 1. The molecule has 0 radical (unpaired) electrons. The van der Waals surface area contributed by atoms with E-state index in [9.17, 15) is 0 Å². The van der Waals surface area contributed by atoms with E-state index in [0.29, 0.717) is 12.1 Å². The van der Waals surface area contributed by atoms with Gasteiger partial charge >= 0.3 is 0 Å². The number of hydrogen-bond acceptors (Lipinski definition) is 3. The Hall–Kier alpha value is -0.420. The van der Waals surface area contributed by atoms with Gasteiger partial charge in [0.2, 0.25) is 0 Å². The van der Waals surface area contributed by atoms with E-state index in [0.717, 1.165) is 30.5 Å². The van der Waals surface area contributed by atoms with E-state index >= 15 is 0 Å². The second kappa shape index (κ2) is 7.03. The Balaban J connectivity index is 1.84. The van der Waals surface area contributed by atoms with Gasteiger partial charge in [-0.3, -0.25) is 4.90 Å². The van der Waals surface area contributed by atoms with Crippen LogP contribution < -0.4 is 5.73 Å². The zero-order valence-corrected chi connectivity index (χ0v) is 14.3. The largest absolute Gasteiger partial charge is 0.324 e. The Morgan fingerprint density at radius 1 is 1.20 bits per heavy atom. The maximum Gasteiger partial charge on any atom is 0.0307 e. The number of halogens is 1. The van der Waals surface area contributed by atoms with Crippen LogP contribution in [0.25, 0.3) is 0 Å². The monoisotopic (exact) mass is 339 g/mol. The molecule has 1 saturated heterocycles. The van der Waals surface area contributed by atoms with Crippen LogP contribution in [0.1, 0.15) is 31.9 Å². The Labute approximate surface area is 131 Å². The molecule has 3 nitrogen and oxygen atoms in total. The molecule has 20 heavy (non-hydrogen) atoms. The van der Waals surface area contributed by atoms with Crippen LogP contribution >= 0.6 is 15.9 Å². The van der Waals surface area contributed by atoms with Gasteiger partial charge in [0, 0.05) is 42.2 Å². The first-order valence-electron chi connectivity index (χ1n) is 7.42. The third-order valence-electron chi connectivity index (χ3n) is 4.49. The Morgan fingerprint density at radius 2 is 1.75 bits per heavy atom. The molecule has 3 unspecified atom stereocenters. The van der Waals surface area contributed by atoms with Crippen LogP contribution in [0.3, 0.4) is 0 Å². The van der Waals surface area contributed by atoms with Gasteiger partial charge in [-0.2, -0.15) is 0 Å². The molecule has 3 atom stereocenters. The summed E-state index contributed by atoms with van der Waals surface area (Å²) in [4.78, 5) is 5.01. The first-order valence-corrected chi connectivity index (χ1v) is 8.22. The molecular weight excluding hydrogens is 314 g/mol. The molecule has 0 bridgehead atoms. The highest BCUT2D eigenvalue weighted by Crippen LogP contribution is 2.19. The predicted octanol–water partition coefficient (Wildman–Crippen LogP) is 2.86. The summed E-state index contributed by atoms with van der Waals surface area (Å²) in [6, 6.07) is 9.75. The van der Waals surface area contributed by atoms with Crippen molar-refractivity contribution in [3.05, 3.63) is 34.3 Å². The predicted molar refractivity (Wildman–Crippen MR) is 88.8 cm³/mol. The quantitative estimate of drug-likeness (QED) is 0.915. The van der Waals surface area contributed by atoms with Crippen molar-refractivity contribution in [2.75, 3.05) is 26.7 Å². The van der Waals surface area contributed by atoms with E-state index in [1.54, 1.807) is 0 Å². The summed E-state index contributed by atoms with van der Waals surface area (Å²) in [6.45, 7) is 7.98. The molecular formula is C16H26BrN3. The van der Waals surface area contributed by atoms with E-state index < -0.39 is 0 Å². The molecule has 0 spiro atoms. The fraction of sp³-hybridized carbons (Fsp3) is 0.625. The van der Waals surface area contributed by atoms with Crippen LogP contribution in [0.5, 0.6) is 0 Å². The van der Waals surface area contributed by atoms with Crippen LogP contribution in [0.15, 0.2) is 28.7 Å².